The summed E-state index contributed by atoms with van der Waals surface area (Å²) >= 11 is 0. The molecule has 1 saturated heterocycles. The number of hydrogen-bond donors (Lipinski definition) is 3. The van der Waals surface area contributed by atoms with Crippen LogP contribution in [0.1, 0.15) is 37.9 Å². The van der Waals surface area contributed by atoms with Gasteiger partial charge in [-0.15, -0.1) is 0 Å². The second-order valence-electron chi connectivity index (χ2n) is 5.85. The highest BCUT2D eigenvalue weighted by atomic mass is 16.5. The van der Waals surface area contributed by atoms with Crippen LogP contribution in [0.3, 0.4) is 0 Å². The van der Waals surface area contributed by atoms with Crippen molar-refractivity contribution in [3.05, 3.63) is 35.9 Å². The molecule has 0 aliphatic carbocycles. The van der Waals surface area contributed by atoms with Crippen LogP contribution in [-0.2, 0) is 4.74 Å². The number of carbonyl (C=O) groups excluding carboxylic acids is 1. The Labute approximate surface area is 132 Å². The van der Waals surface area contributed by atoms with Gasteiger partial charge in [-0.3, -0.25) is 0 Å². The van der Waals surface area contributed by atoms with E-state index in [1.54, 1.807) is 0 Å². The summed E-state index contributed by atoms with van der Waals surface area (Å²) in [5.74, 6) is 0.481. The molecule has 0 aromatic heterocycles. The lowest BCUT2D eigenvalue weighted by Gasteiger charge is -2.28. The van der Waals surface area contributed by atoms with Crippen LogP contribution in [0.4, 0.5) is 4.79 Å². The molecule has 0 saturated carbocycles. The molecule has 3 N–H and O–H groups in total. The molecule has 5 heteroatoms. The number of rotatable bonds is 6. The van der Waals surface area contributed by atoms with Crippen molar-refractivity contribution in [2.75, 3.05) is 19.8 Å². The Bertz CT molecular complexity index is 446. The highest BCUT2D eigenvalue weighted by molar-refractivity contribution is 5.74. The first-order valence-corrected chi connectivity index (χ1v) is 8.02. The van der Waals surface area contributed by atoms with Crippen molar-refractivity contribution >= 4 is 6.03 Å². The Morgan fingerprint density at radius 3 is 2.68 bits per heavy atom. The normalized spacial score (nSPS) is 18.5. The standard InChI is InChI=1S/C17H26N2O3/c1-13(14-8-11-22-12-9-14)19-17(21)18-10-7-16(20)15-5-3-2-4-6-15/h2-6,13-14,16,20H,7-12H2,1H3,(H2,18,19,21). The summed E-state index contributed by atoms with van der Waals surface area (Å²) in [7, 11) is 0. The van der Waals surface area contributed by atoms with E-state index in [2.05, 4.69) is 10.6 Å². The number of benzene rings is 1. The maximum atomic E-state index is 11.9. The minimum atomic E-state index is -0.547. The van der Waals surface area contributed by atoms with Gasteiger partial charge in [0.05, 0.1) is 6.10 Å². The highest BCUT2D eigenvalue weighted by Crippen LogP contribution is 2.18. The van der Waals surface area contributed by atoms with Gasteiger partial charge < -0.3 is 20.5 Å². The third kappa shape index (κ3) is 5.31. The fourth-order valence-electron chi connectivity index (χ4n) is 2.76. The van der Waals surface area contributed by atoms with Gasteiger partial charge in [-0.1, -0.05) is 30.3 Å². The minimum Gasteiger partial charge on any atom is -0.388 e. The van der Waals surface area contributed by atoms with Gasteiger partial charge in [0, 0.05) is 25.8 Å². The average Bonchev–Trinajstić information content (AvgIpc) is 2.56. The first kappa shape index (κ1) is 16.8. The van der Waals surface area contributed by atoms with E-state index >= 15 is 0 Å². The lowest BCUT2D eigenvalue weighted by molar-refractivity contribution is 0.0570. The van der Waals surface area contributed by atoms with Gasteiger partial charge in [0.15, 0.2) is 0 Å². The third-order valence-electron chi connectivity index (χ3n) is 4.22. The van der Waals surface area contributed by atoms with E-state index in [1.807, 2.05) is 37.3 Å². The lowest BCUT2D eigenvalue weighted by Crippen LogP contribution is -2.45. The zero-order valence-electron chi connectivity index (χ0n) is 13.1. The van der Waals surface area contributed by atoms with Crippen LogP contribution in [0.5, 0.6) is 0 Å². The van der Waals surface area contributed by atoms with E-state index < -0.39 is 6.10 Å². The molecule has 2 amide bonds. The molecule has 1 aliphatic heterocycles. The van der Waals surface area contributed by atoms with Gasteiger partial charge in [-0.05, 0) is 37.7 Å². The van der Waals surface area contributed by atoms with Crippen LogP contribution >= 0.6 is 0 Å². The zero-order chi connectivity index (χ0) is 15.8. The van der Waals surface area contributed by atoms with Crippen LogP contribution < -0.4 is 10.6 Å². The van der Waals surface area contributed by atoms with Crippen LogP contribution in [-0.4, -0.2) is 36.9 Å². The van der Waals surface area contributed by atoms with E-state index in [1.165, 1.54) is 0 Å². The summed E-state index contributed by atoms with van der Waals surface area (Å²) in [6.45, 7) is 4.04. The molecule has 1 aromatic carbocycles. The van der Waals surface area contributed by atoms with Gasteiger partial charge in [-0.2, -0.15) is 0 Å². The van der Waals surface area contributed by atoms with Gasteiger partial charge in [0.1, 0.15) is 0 Å². The Kier molecular flexibility index (Phi) is 6.68. The fourth-order valence-corrected chi connectivity index (χ4v) is 2.76. The molecule has 0 radical (unpaired) electrons. The molecule has 22 heavy (non-hydrogen) atoms. The second-order valence-corrected chi connectivity index (χ2v) is 5.85. The fraction of sp³-hybridized carbons (Fsp3) is 0.588. The van der Waals surface area contributed by atoms with Crippen LogP contribution in [0.2, 0.25) is 0 Å². The number of nitrogens with one attached hydrogen (secondary N) is 2. The molecule has 1 fully saturated rings. The summed E-state index contributed by atoms with van der Waals surface area (Å²) in [5.41, 5.74) is 0.875. The topological polar surface area (TPSA) is 70.6 Å². The van der Waals surface area contributed by atoms with Crippen LogP contribution in [0, 0.1) is 5.92 Å². The monoisotopic (exact) mass is 306 g/mol. The molecule has 0 spiro atoms. The van der Waals surface area contributed by atoms with E-state index in [9.17, 15) is 9.90 Å². The Hall–Kier alpha value is -1.59. The summed E-state index contributed by atoms with van der Waals surface area (Å²) in [6.07, 6.45) is 1.94. The smallest absolute Gasteiger partial charge is 0.315 e. The molecular weight excluding hydrogens is 280 g/mol. The Morgan fingerprint density at radius 2 is 2.00 bits per heavy atom. The van der Waals surface area contributed by atoms with Crippen LogP contribution in [0.15, 0.2) is 30.3 Å². The predicted molar refractivity (Wildman–Crippen MR) is 85.6 cm³/mol. The molecule has 2 rings (SSSR count). The molecular formula is C17H26N2O3. The number of carbonyl (C=O) groups is 1. The largest absolute Gasteiger partial charge is 0.388 e. The maximum Gasteiger partial charge on any atom is 0.315 e. The van der Waals surface area contributed by atoms with Crippen LogP contribution in [0.25, 0.3) is 0 Å². The number of urea groups is 1. The zero-order valence-corrected chi connectivity index (χ0v) is 13.1. The summed E-state index contributed by atoms with van der Waals surface area (Å²) in [4.78, 5) is 11.9. The number of ether oxygens (including phenoxy) is 1. The third-order valence-corrected chi connectivity index (χ3v) is 4.22. The van der Waals surface area contributed by atoms with E-state index in [4.69, 9.17) is 4.74 Å². The predicted octanol–water partition coefficient (Wildman–Crippen LogP) is 2.22. The van der Waals surface area contributed by atoms with Gasteiger partial charge >= 0.3 is 6.03 Å². The molecule has 2 atom stereocenters. The number of amides is 2. The van der Waals surface area contributed by atoms with Crippen molar-refractivity contribution in [3.8, 4) is 0 Å². The minimum absolute atomic E-state index is 0.142. The first-order chi connectivity index (χ1) is 10.7. The lowest BCUT2D eigenvalue weighted by atomic mass is 9.93. The quantitative estimate of drug-likeness (QED) is 0.755. The van der Waals surface area contributed by atoms with E-state index in [0.717, 1.165) is 31.6 Å². The van der Waals surface area contributed by atoms with Crippen molar-refractivity contribution in [2.45, 2.75) is 38.3 Å². The summed E-state index contributed by atoms with van der Waals surface area (Å²) < 4.78 is 5.33. The van der Waals surface area contributed by atoms with Crippen molar-refractivity contribution in [2.24, 2.45) is 5.92 Å². The SMILES string of the molecule is CC(NC(=O)NCCC(O)c1ccccc1)C1CCOCC1. The number of hydrogen-bond acceptors (Lipinski definition) is 3. The molecule has 5 nitrogen and oxygen atoms in total. The van der Waals surface area contributed by atoms with Gasteiger partial charge in [0.25, 0.3) is 0 Å². The first-order valence-electron chi connectivity index (χ1n) is 8.02. The number of aliphatic hydroxyl groups is 1. The molecule has 0 bridgehead atoms. The van der Waals surface area contributed by atoms with Crippen molar-refractivity contribution < 1.29 is 14.6 Å². The van der Waals surface area contributed by atoms with Gasteiger partial charge in [0.2, 0.25) is 0 Å². The molecule has 122 valence electrons. The van der Waals surface area contributed by atoms with E-state index in [0.29, 0.717) is 18.9 Å². The van der Waals surface area contributed by atoms with Gasteiger partial charge in [-0.25, -0.2) is 4.79 Å². The van der Waals surface area contributed by atoms with Crippen molar-refractivity contribution in [3.63, 3.8) is 0 Å². The average molecular weight is 306 g/mol. The molecule has 2 unspecified atom stereocenters. The van der Waals surface area contributed by atoms with Crippen molar-refractivity contribution in [1.82, 2.24) is 10.6 Å². The Morgan fingerprint density at radius 1 is 1.32 bits per heavy atom. The highest BCUT2D eigenvalue weighted by Gasteiger charge is 2.21. The molecule has 1 aliphatic rings. The molecule has 1 heterocycles. The second kappa shape index (κ2) is 8.76. The van der Waals surface area contributed by atoms with E-state index in [-0.39, 0.29) is 12.1 Å². The Balaban J connectivity index is 1.65. The summed E-state index contributed by atoms with van der Waals surface area (Å²) in [6, 6.07) is 9.46. The summed E-state index contributed by atoms with van der Waals surface area (Å²) in [5, 5.41) is 15.8. The van der Waals surface area contributed by atoms with Crippen molar-refractivity contribution in [1.29, 1.82) is 0 Å². The maximum absolute atomic E-state index is 11.9. The molecule has 1 aromatic rings. The number of aliphatic hydroxyl groups excluding tert-OH is 1.